The van der Waals surface area contributed by atoms with Crippen LogP contribution in [0.4, 0.5) is 0 Å². The highest BCUT2D eigenvalue weighted by Gasteiger charge is 2.07. The Balaban J connectivity index is 0.000000225. The van der Waals surface area contributed by atoms with Gasteiger partial charge in [0, 0.05) is 12.4 Å². The fraction of sp³-hybridized carbons (Fsp3) is 0.368. The third kappa shape index (κ3) is 4.82. The summed E-state index contributed by atoms with van der Waals surface area (Å²) in [7, 11) is 0. The van der Waals surface area contributed by atoms with Crippen LogP contribution in [-0.2, 0) is 0 Å². The van der Waals surface area contributed by atoms with Gasteiger partial charge < -0.3 is 0 Å². The molecule has 110 valence electrons. The summed E-state index contributed by atoms with van der Waals surface area (Å²) in [5.74, 6) is 1.05. The van der Waals surface area contributed by atoms with Gasteiger partial charge in [0.25, 0.3) is 0 Å². The molecule has 2 nitrogen and oxygen atoms in total. The first-order valence-corrected chi connectivity index (χ1v) is 7.70. The van der Waals surface area contributed by atoms with Gasteiger partial charge in [-0.25, -0.2) is 0 Å². The van der Waals surface area contributed by atoms with Gasteiger partial charge in [0.05, 0.1) is 11.4 Å². The number of aromatic nitrogens is 2. The van der Waals surface area contributed by atoms with E-state index in [-0.39, 0.29) is 0 Å². The fourth-order valence-corrected chi connectivity index (χ4v) is 2.48. The Bertz CT molecular complexity index is 569. The third-order valence-corrected chi connectivity index (χ3v) is 3.82. The molecule has 2 aromatic rings. The van der Waals surface area contributed by atoms with Gasteiger partial charge in [0.2, 0.25) is 0 Å². The minimum Gasteiger partial charge on any atom is -0.255 e. The van der Waals surface area contributed by atoms with E-state index in [1.165, 1.54) is 25.7 Å². The first kappa shape index (κ1) is 15.4. The summed E-state index contributed by atoms with van der Waals surface area (Å²) >= 11 is 0. The SMILES string of the molecule is C=C(C)c1ccnc(-c2ccccn2)c1.CC1CCCC1. The molecule has 0 spiro atoms. The predicted octanol–water partition coefficient (Wildman–Crippen LogP) is 5.37. The van der Waals surface area contributed by atoms with Crippen molar-refractivity contribution in [3.8, 4) is 11.4 Å². The second-order valence-electron chi connectivity index (χ2n) is 5.81. The molecule has 1 aliphatic rings. The number of rotatable bonds is 2. The smallest absolute Gasteiger partial charge is 0.0892 e. The van der Waals surface area contributed by atoms with E-state index in [4.69, 9.17) is 0 Å². The Kier molecular flexibility index (Phi) is 5.68. The quantitative estimate of drug-likeness (QED) is 0.738. The molecule has 3 rings (SSSR count). The highest BCUT2D eigenvalue weighted by Crippen LogP contribution is 2.23. The fourth-order valence-electron chi connectivity index (χ4n) is 2.48. The zero-order valence-electron chi connectivity index (χ0n) is 13.0. The highest BCUT2D eigenvalue weighted by atomic mass is 14.8. The lowest BCUT2D eigenvalue weighted by Crippen LogP contribution is -1.88. The van der Waals surface area contributed by atoms with E-state index in [2.05, 4.69) is 23.5 Å². The van der Waals surface area contributed by atoms with E-state index < -0.39 is 0 Å². The lowest BCUT2D eigenvalue weighted by Gasteiger charge is -2.02. The zero-order valence-corrected chi connectivity index (χ0v) is 13.0. The Labute approximate surface area is 128 Å². The molecule has 21 heavy (non-hydrogen) atoms. The predicted molar refractivity (Wildman–Crippen MR) is 89.8 cm³/mol. The maximum Gasteiger partial charge on any atom is 0.0892 e. The van der Waals surface area contributed by atoms with Gasteiger partial charge in [-0.2, -0.15) is 0 Å². The first-order chi connectivity index (χ1) is 10.2. The lowest BCUT2D eigenvalue weighted by molar-refractivity contribution is 0.612. The van der Waals surface area contributed by atoms with Crippen molar-refractivity contribution in [3.05, 3.63) is 54.9 Å². The van der Waals surface area contributed by atoms with Crippen molar-refractivity contribution >= 4 is 5.57 Å². The van der Waals surface area contributed by atoms with E-state index >= 15 is 0 Å². The molecule has 2 heterocycles. The summed E-state index contributed by atoms with van der Waals surface area (Å²) in [6.07, 6.45) is 9.50. The van der Waals surface area contributed by atoms with Crippen LogP contribution in [0.5, 0.6) is 0 Å². The average molecular weight is 280 g/mol. The molecule has 1 saturated carbocycles. The molecule has 0 bridgehead atoms. The summed E-state index contributed by atoms with van der Waals surface area (Å²) in [6, 6.07) is 9.76. The van der Waals surface area contributed by atoms with Crippen molar-refractivity contribution in [1.82, 2.24) is 9.97 Å². The molecule has 2 aromatic heterocycles. The van der Waals surface area contributed by atoms with Crippen LogP contribution >= 0.6 is 0 Å². The van der Waals surface area contributed by atoms with Gasteiger partial charge >= 0.3 is 0 Å². The lowest BCUT2D eigenvalue weighted by atomic mass is 10.1. The third-order valence-electron chi connectivity index (χ3n) is 3.82. The van der Waals surface area contributed by atoms with Crippen molar-refractivity contribution in [1.29, 1.82) is 0 Å². The van der Waals surface area contributed by atoms with Crippen LogP contribution in [0.25, 0.3) is 17.0 Å². The topological polar surface area (TPSA) is 25.8 Å². The van der Waals surface area contributed by atoms with Gasteiger partial charge in [0.1, 0.15) is 0 Å². The summed E-state index contributed by atoms with van der Waals surface area (Å²) < 4.78 is 0. The average Bonchev–Trinajstić information content (AvgIpc) is 3.00. The van der Waals surface area contributed by atoms with Crippen LogP contribution < -0.4 is 0 Å². The molecule has 0 saturated heterocycles. The number of hydrogen-bond donors (Lipinski definition) is 0. The normalized spacial score (nSPS) is 14.4. The largest absolute Gasteiger partial charge is 0.255 e. The molecule has 0 amide bonds. The van der Waals surface area contributed by atoms with Crippen molar-refractivity contribution in [2.45, 2.75) is 39.5 Å². The Morgan fingerprint density at radius 1 is 1.05 bits per heavy atom. The molecule has 0 N–H and O–H groups in total. The summed E-state index contributed by atoms with van der Waals surface area (Å²) in [5.41, 5.74) is 3.91. The van der Waals surface area contributed by atoms with Crippen molar-refractivity contribution in [3.63, 3.8) is 0 Å². The molecular formula is C19H24N2. The van der Waals surface area contributed by atoms with Crippen LogP contribution in [0.2, 0.25) is 0 Å². The van der Waals surface area contributed by atoms with E-state index in [0.717, 1.165) is 28.4 Å². The van der Waals surface area contributed by atoms with Gasteiger partial charge in [-0.1, -0.05) is 50.8 Å². The summed E-state index contributed by atoms with van der Waals surface area (Å²) in [4.78, 5) is 8.55. The minimum atomic E-state index is 0.885. The monoisotopic (exact) mass is 280 g/mol. The number of pyridine rings is 2. The summed E-state index contributed by atoms with van der Waals surface area (Å²) in [6.45, 7) is 8.24. The molecular weight excluding hydrogens is 256 g/mol. The van der Waals surface area contributed by atoms with Crippen molar-refractivity contribution in [2.24, 2.45) is 5.92 Å². The number of hydrogen-bond acceptors (Lipinski definition) is 2. The molecule has 1 aliphatic carbocycles. The molecule has 0 radical (unpaired) electrons. The van der Waals surface area contributed by atoms with Gasteiger partial charge in [0.15, 0.2) is 0 Å². The Hall–Kier alpha value is -1.96. The van der Waals surface area contributed by atoms with Gasteiger partial charge in [-0.3, -0.25) is 9.97 Å². The summed E-state index contributed by atoms with van der Waals surface area (Å²) in [5, 5.41) is 0. The second-order valence-corrected chi connectivity index (χ2v) is 5.81. The van der Waals surface area contributed by atoms with Crippen LogP contribution in [-0.4, -0.2) is 9.97 Å². The maximum absolute atomic E-state index is 4.29. The molecule has 0 aromatic carbocycles. The van der Waals surface area contributed by atoms with E-state index in [9.17, 15) is 0 Å². The second kappa shape index (κ2) is 7.72. The zero-order chi connectivity index (χ0) is 15.1. The van der Waals surface area contributed by atoms with Gasteiger partial charge in [-0.05, 0) is 42.7 Å². The Morgan fingerprint density at radius 3 is 2.29 bits per heavy atom. The van der Waals surface area contributed by atoms with Crippen LogP contribution in [0.1, 0.15) is 45.1 Å². The molecule has 1 fully saturated rings. The maximum atomic E-state index is 4.29. The number of allylic oxidation sites excluding steroid dienone is 1. The van der Waals surface area contributed by atoms with Crippen molar-refractivity contribution < 1.29 is 0 Å². The molecule has 0 aliphatic heterocycles. The first-order valence-electron chi connectivity index (χ1n) is 7.70. The van der Waals surface area contributed by atoms with Crippen LogP contribution in [0.3, 0.4) is 0 Å². The number of nitrogens with zero attached hydrogens (tertiary/aromatic N) is 2. The van der Waals surface area contributed by atoms with E-state index in [0.29, 0.717) is 0 Å². The van der Waals surface area contributed by atoms with Crippen molar-refractivity contribution in [2.75, 3.05) is 0 Å². The van der Waals surface area contributed by atoms with E-state index in [1.807, 2.05) is 37.3 Å². The molecule has 0 unspecified atom stereocenters. The van der Waals surface area contributed by atoms with Crippen LogP contribution in [0, 0.1) is 5.92 Å². The molecule has 0 atom stereocenters. The molecule has 2 heteroatoms. The van der Waals surface area contributed by atoms with Crippen LogP contribution in [0.15, 0.2) is 49.3 Å². The van der Waals surface area contributed by atoms with Gasteiger partial charge in [-0.15, -0.1) is 0 Å². The standard InChI is InChI=1S/C13H12N2.C6H12/c1-10(2)11-6-8-15-13(9-11)12-5-3-4-7-14-12;1-6-4-2-3-5-6/h3-9H,1H2,2H3;6H,2-5H2,1H3. The van der Waals surface area contributed by atoms with E-state index in [1.54, 1.807) is 12.4 Å². The Morgan fingerprint density at radius 2 is 1.76 bits per heavy atom. The highest BCUT2D eigenvalue weighted by molar-refractivity contribution is 5.66. The minimum absolute atomic E-state index is 0.885.